The molecule has 2 N–H and O–H groups in total. The second kappa shape index (κ2) is 9.70. The van der Waals surface area contributed by atoms with Gasteiger partial charge in [0.05, 0.1) is 0 Å². The van der Waals surface area contributed by atoms with Crippen molar-refractivity contribution in [1.82, 2.24) is 0 Å². The van der Waals surface area contributed by atoms with E-state index in [2.05, 4.69) is 47.8 Å². The lowest BCUT2D eigenvalue weighted by molar-refractivity contribution is -0.155. The third-order valence-corrected chi connectivity index (χ3v) is 10.7. The molecular formula is C29H51NO. The number of hydrogen-bond acceptors (Lipinski definition) is 2. The molecule has 0 heterocycles. The second-order valence-electron chi connectivity index (χ2n) is 12.7. The van der Waals surface area contributed by atoms with E-state index in [0.717, 1.165) is 48.9 Å². The number of nitrogens with two attached hydrogens (primary N) is 1. The van der Waals surface area contributed by atoms with E-state index < -0.39 is 0 Å². The first-order chi connectivity index (χ1) is 14.7. The number of fused-ring (bicyclic) bond motifs is 5. The smallest absolute Gasteiger partial charge is 0.136 e. The van der Waals surface area contributed by atoms with Crippen LogP contribution in [-0.4, -0.2) is 11.8 Å². The molecule has 31 heavy (non-hydrogen) atoms. The Labute approximate surface area is 193 Å². The zero-order valence-corrected chi connectivity index (χ0v) is 21.3. The number of hydrogen-bond donors (Lipinski definition) is 1. The fourth-order valence-electron chi connectivity index (χ4n) is 9.09. The molecule has 0 amide bonds. The van der Waals surface area contributed by atoms with Gasteiger partial charge in [-0.15, -0.1) is 13.2 Å². The summed E-state index contributed by atoms with van der Waals surface area (Å²) in [5, 5.41) is 0. The van der Waals surface area contributed by atoms with Gasteiger partial charge in [-0.1, -0.05) is 53.9 Å². The maximum Gasteiger partial charge on any atom is 0.136 e. The van der Waals surface area contributed by atoms with Crippen molar-refractivity contribution in [3.05, 3.63) is 13.2 Å². The Balaban J connectivity index is 0.00000132. The molecule has 178 valence electrons. The first-order valence-corrected chi connectivity index (χ1v) is 13.4. The topological polar surface area (TPSA) is 43.1 Å². The lowest BCUT2D eigenvalue weighted by Crippen LogP contribution is -2.57. The Kier molecular flexibility index (Phi) is 7.82. The van der Waals surface area contributed by atoms with E-state index in [1.807, 2.05) is 0 Å². The standard InChI is InChI=1S/C27H47NO.C2H4/c1-17(2)7-6-8-18(3)21-9-10-22-20-16-25(29)24-15-19(28)11-13-27(24,5)23(20)12-14-26(21,22)4;1-2/h17-24H,6-16,28H2,1-5H3;1-2H2/t18-,19-,20+,21-,22+,23+,24?,26-,27-;/m1./s1. The number of Topliss-reactive ketones (excluding diaryl/α,β-unsaturated/α-hetero) is 1. The van der Waals surface area contributed by atoms with Crippen LogP contribution in [0.15, 0.2) is 13.2 Å². The molecule has 2 heteroatoms. The summed E-state index contributed by atoms with van der Waals surface area (Å²) >= 11 is 0. The highest BCUT2D eigenvalue weighted by Crippen LogP contribution is 2.67. The van der Waals surface area contributed by atoms with Crippen LogP contribution in [-0.2, 0) is 4.79 Å². The van der Waals surface area contributed by atoms with E-state index in [9.17, 15) is 4.79 Å². The first-order valence-electron chi connectivity index (χ1n) is 13.4. The van der Waals surface area contributed by atoms with Gasteiger partial charge in [-0.05, 0) is 91.3 Å². The van der Waals surface area contributed by atoms with Crippen molar-refractivity contribution in [3.63, 3.8) is 0 Å². The molecule has 0 aromatic carbocycles. The molecule has 4 aliphatic rings. The Morgan fingerprint density at radius 2 is 1.61 bits per heavy atom. The van der Waals surface area contributed by atoms with Gasteiger partial charge in [0.1, 0.15) is 5.78 Å². The highest BCUT2D eigenvalue weighted by Gasteiger charge is 2.62. The number of rotatable bonds is 5. The van der Waals surface area contributed by atoms with E-state index in [1.165, 1.54) is 51.4 Å². The van der Waals surface area contributed by atoms with Crippen LogP contribution in [0.3, 0.4) is 0 Å². The number of ketones is 1. The summed E-state index contributed by atoms with van der Waals surface area (Å²) in [5.41, 5.74) is 7.01. The predicted octanol–water partition coefficient (Wildman–Crippen LogP) is 7.42. The second-order valence-corrected chi connectivity index (χ2v) is 12.7. The monoisotopic (exact) mass is 429 g/mol. The molecule has 0 aliphatic heterocycles. The summed E-state index contributed by atoms with van der Waals surface area (Å²) < 4.78 is 0. The molecule has 4 saturated carbocycles. The maximum absolute atomic E-state index is 13.3. The average Bonchev–Trinajstić information content (AvgIpc) is 3.08. The third-order valence-electron chi connectivity index (χ3n) is 10.7. The summed E-state index contributed by atoms with van der Waals surface area (Å²) in [6.45, 7) is 18.3. The molecular weight excluding hydrogens is 378 g/mol. The minimum Gasteiger partial charge on any atom is -0.328 e. The van der Waals surface area contributed by atoms with Crippen LogP contribution in [0.25, 0.3) is 0 Å². The summed E-state index contributed by atoms with van der Waals surface area (Å²) in [7, 11) is 0. The lowest BCUT2D eigenvalue weighted by Gasteiger charge is -2.60. The molecule has 0 saturated heterocycles. The molecule has 4 rings (SSSR count). The van der Waals surface area contributed by atoms with E-state index in [0.29, 0.717) is 17.1 Å². The largest absolute Gasteiger partial charge is 0.328 e. The minimum absolute atomic E-state index is 0.234. The minimum atomic E-state index is 0.234. The zero-order valence-electron chi connectivity index (χ0n) is 21.3. The van der Waals surface area contributed by atoms with Crippen molar-refractivity contribution in [3.8, 4) is 0 Å². The fraction of sp³-hybridized carbons (Fsp3) is 0.897. The molecule has 0 radical (unpaired) electrons. The van der Waals surface area contributed by atoms with Crippen LogP contribution in [0.1, 0.15) is 105 Å². The quantitative estimate of drug-likeness (QED) is 0.462. The van der Waals surface area contributed by atoms with Crippen molar-refractivity contribution in [2.24, 2.45) is 58.0 Å². The first kappa shape index (κ1) is 25.0. The molecule has 0 aromatic rings. The maximum atomic E-state index is 13.3. The summed E-state index contributed by atoms with van der Waals surface area (Å²) in [4.78, 5) is 13.3. The fourth-order valence-corrected chi connectivity index (χ4v) is 9.09. The molecule has 2 nitrogen and oxygen atoms in total. The summed E-state index contributed by atoms with van der Waals surface area (Å²) in [6.07, 6.45) is 13.8. The van der Waals surface area contributed by atoms with Crippen LogP contribution >= 0.6 is 0 Å². The van der Waals surface area contributed by atoms with Crippen LogP contribution < -0.4 is 5.73 Å². The molecule has 1 unspecified atom stereocenters. The van der Waals surface area contributed by atoms with Crippen molar-refractivity contribution in [1.29, 1.82) is 0 Å². The zero-order chi connectivity index (χ0) is 23.0. The molecule has 0 aromatic heterocycles. The van der Waals surface area contributed by atoms with Crippen molar-refractivity contribution in [2.45, 2.75) is 111 Å². The number of carbonyl (C=O) groups is 1. The van der Waals surface area contributed by atoms with Gasteiger partial charge in [0.25, 0.3) is 0 Å². The predicted molar refractivity (Wildman–Crippen MR) is 133 cm³/mol. The van der Waals surface area contributed by atoms with E-state index in [4.69, 9.17) is 5.73 Å². The van der Waals surface area contributed by atoms with Gasteiger partial charge in [0, 0.05) is 18.4 Å². The van der Waals surface area contributed by atoms with Gasteiger partial charge in [-0.25, -0.2) is 0 Å². The van der Waals surface area contributed by atoms with Crippen LogP contribution in [0.2, 0.25) is 0 Å². The van der Waals surface area contributed by atoms with Crippen molar-refractivity contribution < 1.29 is 4.79 Å². The molecule has 9 atom stereocenters. The van der Waals surface area contributed by atoms with Crippen molar-refractivity contribution >= 4 is 5.78 Å². The van der Waals surface area contributed by atoms with E-state index in [-0.39, 0.29) is 17.4 Å². The van der Waals surface area contributed by atoms with Crippen LogP contribution in [0, 0.1) is 52.3 Å². The molecule has 4 aliphatic carbocycles. The van der Waals surface area contributed by atoms with Crippen LogP contribution in [0.4, 0.5) is 0 Å². The Morgan fingerprint density at radius 1 is 0.968 bits per heavy atom. The highest BCUT2D eigenvalue weighted by molar-refractivity contribution is 5.83. The Bertz CT molecular complexity index is 628. The molecule has 0 bridgehead atoms. The summed E-state index contributed by atoms with van der Waals surface area (Å²) in [5.74, 6) is 5.59. The third kappa shape index (κ3) is 4.44. The highest BCUT2D eigenvalue weighted by atomic mass is 16.1. The van der Waals surface area contributed by atoms with Gasteiger partial charge in [-0.3, -0.25) is 4.79 Å². The Morgan fingerprint density at radius 3 is 2.29 bits per heavy atom. The van der Waals surface area contributed by atoms with Gasteiger partial charge in [-0.2, -0.15) is 0 Å². The van der Waals surface area contributed by atoms with E-state index in [1.54, 1.807) is 0 Å². The average molecular weight is 430 g/mol. The van der Waals surface area contributed by atoms with Gasteiger partial charge >= 0.3 is 0 Å². The lowest BCUT2D eigenvalue weighted by atomic mass is 9.44. The normalized spacial score (nSPS) is 45.2. The summed E-state index contributed by atoms with van der Waals surface area (Å²) in [6, 6.07) is 0.255. The SMILES string of the molecule is C=C.CC(C)CCC[C@@H](C)[C@H]1CC[C@H]2[C@@H]3CC(=O)C4C[C@H](N)CC[C@]4(C)[C@H]3CC[C@]12C. The van der Waals surface area contributed by atoms with Gasteiger partial charge in [0.2, 0.25) is 0 Å². The van der Waals surface area contributed by atoms with Gasteiger partial charge < -0.3 is 5.73 Å². The molecule has 0 spiro atoms. The van der Waals surface area contributed by atoms with Crippen LogP contribution in [0.5, 0.6) is 0 Å². The Hall–Kier alpha value is -0.630. The van der Waals surface area contributed by atoms with Gasteiger partial charge in [0.15, 0.2) is 0 Å². The van der Waals surface area contributed by atoms with E-state index >= 15 is 0 Å². The van der Waals surface area contributed by atoms with Crippen molar-refractivity contribution in [2.75, 3.05) is 0 Å². The number of carbonyl (C=O) groups excluding carboxylic acids is 1. The molecule has 4 fully saturated rings.